The molecule has 0 saturated heterocycles. The molecule has 3 rings (SSSR count). The highest BCUT2D eigenvalue weighted by molar-refractivity contribution is 14.0. The molecule has 0 fully saturated rings. The Labute approximate surface area is 183 Å². The quantitative estimate of drug-likeness (QED) is 0.281. The second-order valence-electron chi connectivity index (χ2n) is 5.79. The molecule has 9 heteroatoms. The summed E-state index contributed by atoms with van der Waals surface area (Å²) in [6.07, 6.45) is 2.32. The number of nitrogens with zero attached hydrogens (tertiary/aromatic N) is 4. The molecule has 0 unspecified atom stereocenters. The highest BCUT2D eigenvalue weighted by Crippen LogP contribution is 2.14. The van der Waals surface area contributed by atoms with Gasteiger partial charge in [-0.1, -0.05) is 28.1 Å². The van der Waals surface area contributed by atoms with E-state index in [1.807, 2.05) is 31.3 Å². The summed E-state index contributed by atoms with van der Waals surface area (Å²) in [7, 11) is 3.80. The fraction of sp³-hybridized carbons (Fsp3) is 0.278. The first-order valence-corrected chi connectivity index (χ1v) is 9.06. The molecule has 0 atom stereocenters. The molecule has 7 nitrogen and oxygen atoms in total. The maximum atomic E-state index is 5.30. The zero-order chi connectivity index (χ0) is 18.4. The Morgan fingerprint density at radius 1 is 1.30 bits per heavy atom. The molecule has 0 spiro atoms. The number of hydrogen-bond donors (Lipinski definition) is 2. The van der Waals surface area contributed by atoms with Gasteiger partial charge in [0.15, 0.2) is 11.7 Å². The molecule has 0 radical (unpaired) electrons. The van der Waals surface area contributed by atoms with Crippen molar-refractivity contribution in [2.75, 3.05) is 20.6 Å². The third-order valence-electron chi connectivity index (χ3n) is 3.82. The molecule has 2 aromatic heterocycles. The lowest BCUT2D eigenvalue weighted by atomic mass is 10.2. The van der Waals surface area contributed by atoms with Gasteiger partial charge in [0, 0.05) is 38.1 Å². The van der Waals surface area contributed by atoms with Crippen LogP contribution in [0.5, 0.6) is 0 Å². The Bertz CT molecular complexity index is 847. The van der Waals surface area contributed by atoms with Gasteiger partial charge in [0.2, 0.25) is 5.82 Å². The van der Waals surface area contributed by atoms with E-state index in [2.05, 4.69) is 58.5 Å². The van der Waals surface area contributed by atoms with E-state index in [-0.39, 0.29) is 24.0 Å². The molecule has 0 bridgehead atoms. The van der Waals surface area contributed by atoms with Crippen molar-refractivity contribution in [1.29, 1.82) is 0 Å². The predicted octanol–water partition coefficient (Wildman–Crippen LogP) is 3.70. The van der Waals surface area contributed by atoms with Crippen molar-refractivity contribution in [2.45, 2.75) is 13.0 Å². The van der Waals surface area contributed by atoms with E-state index in [4.69, 9.17) is 4.42 Å². The van der Waals surface area contributed by atoms with Crippen molar-refractivity contribution in [3.63, 3.8) is 0 Å². The van der Waals surface area contributed by atoms with Crippen LogP contribution in [0.25, 0.3) is 11.6 Å². The normalized spacial score (nSPS) is 11.1. The van der Waals surface area contributed by atoms with Crippen LogP contribution < -0.4 is 5.32 Å². The number of furan rings is 1. The zero-order valence-corrected chi connectivity index (χ0v) is 19.1. The maximum absolute atomic E-state index is 5.30. The number of rotatable bonds is 6. The van der Waals surface area contributed by atoms with Gasteiger partial charge in [-0.2, -0.15) is 5.10 Å². The molecule has 2 N–H and O–H groups in total. The van der Waals surface area contributed by atoms with Gasteiger partial charge in [-0.25, -0.2) is 4.98 Å². The number of aromatic nitrogens is 3. The van der Waals surface area contributed by atoms with Crippen molar-refractivity contribution < 1.29 is 4.42 Å². The summed E-state index contributed by atoms with van der Waals surface area (Å²) >= 11 is 3.46. The second-order valence-corrected chi connectivity index (χ2v) is 6.71. The molecule has 1 aromatic carbocycles. The second kappa shape index (κ2) is 10.5. The van der Waals surface area contributed by atoms with Gasteiger partial charge < -0.3 is 14.6 Å². The molecule has 3 aromatic rings. The van der Waals surface area contributed by atoms with Crippen molar-refractivity contribution in [1.82, 2.24) is 25.4 Å². The van der Waals surface area contributed by atoms with Crippen LogP contribution in [0, 0.1) is 0 Å². The van der Waals surface area contributed by atoms with Crippen molar-refractivity contribution in [3.8, 4) is 11.6 Å². The standard InChI is InChI=1S/C18H21BrN6O.HI/c1-20-18(25(2)12-13-5-7-14(19)8-6-13)21-10-9-16-22-17(24-23-16)15-4-3-11-26-15;/h3-8,11H,9-10,12H2,1-2H3,(H,20,21)(H,22,23,24);1H. The number of benzene rings is 1. The summed E-state index contributed by atoms with van der Waals surface area (Å²) in [5, 5.41) is 10.5. The SMILES string of the molecule is CN=C(NCCc1nc(-c2ccco2)n[nH]1)N(C)Cc1ccc(Br)cc1.I. The summed E-state index contributed by atoms with van der Waals surface area (Å²) in [6.45, 7) is 1.47. The minimum Gasteiger partial charge on any atom is -0.461 e. The van der Waals surface area contributed by atoms with Gasteiger partial charge in [-0.15, -0.1) is 24.0 Å². The van der Waals surface area contributed by atoms with Crippen LogP contribution in [-0.4, -0.2) is 46.7 Å². The average Bonchev–Trinajstić information content (AvgIpc) is 3.32. The fourth-order valence-corrected chi connectivity index (χ4v) is 2.80. The van der Waals surface area contributed by atoms with Crippen molar-refractivity contribution in [3.05, 3.63) is 58.5 Å². The number of H-pyrrole nitrogens is 1. The van der Waals surface area contributed by atoms with E-state index < -0.39 is 0 Å². The van der Waals surface area contributed by atoms with Crippen LogP contribution in [0.4, 0.5) is 0 Å². The molecule has 0 aliphatic rings. The molecule has 0 aliphatic heterocycles. The van der Waals surface area contributed by atoms with E-state index >= 15 is 0 Å². The molecular formula is C18H22BrIN6O. The molecule has 2 heterocycles. The third kappa shape index (κ3) is 6.06. The van der Waals surface area contributed by atoms with Crippen molar-refractivity contribution >= 4 is 45.9 Å². The molecule has 0 amide bonds. The van der Waals surface area contributed by atoms with E-state index in [0.717, 1.165) is 22.8 Å². The largest absolute Gasteiger partial charge is 0.461 e. The Morgan fingerprint density at radius 3 is 2.74 bits per heavy atom. The Hall–Kier alpha value is -1.88. The van der Waals surface area contributed by atoms with Crippen LogP contribution >= 0.6 is 39.9 Å². The van der Waals surface area contributed by atoms with Gasteiger partial charge in [0.25, 0.3) is 0 Å². The van der Waals surface area contributed by atoms with Crippen LogP contribution in [0.2, 0.25) is 0 Å². The topological polar surface area (TPSA) is 82.3 Å². The molecule has 27 heavy (non-hydrogen) atoms. The van der Waals surface area contributed by atoms with E-state index in [1.54, 1.807) is 13.3 Å². The lowest BCUT2D eigenvalue weighted by molar-refractivity contribution is 0.477. The summed E-state index contributed by atoms with van der Waals surface area (Å²) in [6, 6.07) is 11.9. The average molecular weight is 545 g/mol. The minimum absolute atomic E-state index is 0. The van der Waals surface area contributed by atoms with Crippen LogP contribution in [0.1, 0.15) is 11.4 Å². The van der Waals surface area contributed by atoms with Crippen LogP contribution in [-0.2, 0) is 13.0 Å². The first kappa shape index (κ1) is 21.4. The number of aromatic amines is 1. The van der Waals surface area contributed by atoms with E-state index in [9.17, 15) is 0 Å². The maximum Gasteiger partial charge on any atom is 0.216 e. The van der Waals surface area contributed by atoms with Crippen molar-refractivity contribution in [2.24, 2.45) is 4.99 Å². The van der Waals surface area contributed by atoms with E-state index in [0.29, 0.717) is 24.6 Å². The Balaban J connectivity index is 0.00000261. The highest BCUT2D eigenvalue weighted by Gasteiger charge is 2.10. The van der Waals surface area contributed by atoms with Gasteiger partial charge in [-0.3, -0.25) is 10.1 Å². The third-order valence-corrected chi connectivity index (χ3v) is 4.35. The lowest BCUT2D eigenvalue weighted by Gasteiger charge is -2.22. The monoisotopic (exact) mass is 544 g/mol. The lowest BCUT2D eigenvalue weighted by Crippen LogP contribution is -2.39. The number of guanidine groups is 1. The molecule has 0 saturated carbocycles. The Morgan fingerprint density at radius 2 is 2.07 bits per heavy atom. The summed E-state index contributed by atoms with van der Waals surface area (Å²) < 4.78 is 6.38. The van der Waals surface area contributed by atoms with Crippen LogP contribution in [0.3, 0.4) is 0 Å². The molecular weight excluding hydrogens is 523 g/mol. The zero-order valence-electron chi connectivity index (χ0n) is 15.1. The number of aliphatic imine (C=N–C) groups is 1. The summed E-state index contributed by atoms with van der Waals surface area (Å²) in [4.78, 5) is 10.9. The molecule has 144 valence electrons. The number of halogens is 2. The first-order valence-electron chi connectivity index (χ1n) is 8.27. The van der Waals surface area contributed by atoms with E-state index in [1.165, 1.54) is 5.56 Å². The first-order chi connectivity index (χ1) is 12.7. The number of hydrogen-bond acceptors (Lipinski definition) is 4. The van der Waals surface area contributed by atoms with Gasteiger partial charge in [0.1, 0.15) is 5.82 Å². The smallest absolute Gasteiger partial charge is 0.216 e. The number of nitrogens with one attached hydrogen (secondary N) is 2. The summed E-state index contributed by atoms with van der Waals surface area (Å²) in [5.74, 6) is 2.86. The van der Waals surface area contributed by atoms with Crippen LogP contribution in [0.15, 0.2) is 56.5 Å². The Kier molecular flexibility index (Phi) is 8.29. The predicted molar refractivity (Wildman–Crippen MR) is 120 cm³/mol. The summed E-state index contributed by atoms with van der Waals surface area (Å²) in [5.41, 5.74) is 1.22. The minimum atomic E-state index is 0. The van der Waals surface area contributed by atoms with Gasteiger partial charge >= 0.3 is 0 Å². The highest BCUT2D eigenvalue weighted by atomic mass is 127. The van der Waals surface area contributed by atoms with Gasteiger partial charge in [-0.05, 0) is 29.8 Å². The van der Waals surface area contributed by atoms with Gasteiger partial charge in [0.05, 0.1) is 6.26 Å². The fourth-order valence-electron chi connectivity index (χ4n) is 2.54. The molecule has 0 aliphatic carbocycles.